The third-order valence-electron chi connectivity index (χ3n) is 4.24. The maximum atomic E-state index is 13.0. The van der Waals surface area contributed by atoms with Gasteiger partial charge < -0.3 is 4.90 Å². The standard InChI is InChI=1S/C16H21N5O3S/c1-12(2)16(22)20-7-9-21(10-8-20)25(23,24)14-11-18-19-15(14)13-3-5-17-6-4-13/h3-6,11-12H,7-10H2,1-2H3,(H,18,19). The third kappa shape index (κ3) is 3.42. The van der Waals surface area contributed by atoms with E-state index in [-0.39, 0.29) is 29.8 Å². The zero-order valence-electron chi connectivity index (χ0n) is 14.2. The van der Waals surface area contributed by atoms with Crippen molar-refractivity contribution in [1.82, 2.24) is 24.4 Å². The van der Waals surface area contributed by atoms with Gasteiger partial charge in [-0.2, -0.15) is 9.40 Å². The van der Waals surface area contributed by atoms with Gasteiger partial charge in [0.25, 0.3) is 0 Å². The average Bonchev–Trinajstić information content (AvgIpc) is 3.12. The number of sulfonamides is 1. The molecule has 0 saturated carbocycles. The van der Waals surface area contributed by atoms with Crippen molar-refractivity contribution in [2.75, 3.05) is 26.2 Å². The molecule has 1 aliphatic rings. The summed E-state index contributed by atoms with van der Waals surface area (Å²) in [5.74, 6) is -0.0341. The van der Waals surface area contributed by atoms with Crippen molar-refractivity contribution in [3.8, 4) is 11.3 Å². The quantitative estimate of drug-likeness (QED) is 0.872. The van der Waals surface area contributed by atoms with Gasteiger partial charge >= 0.3 is 0 Å². The molecule has 3 heterocycles. The van der Waals surface area contributed by atoms with Crippen molar-refractivity contribution in [3.05, 3.63) is 30.7 Å². The molecule has 1 N–H and O–H groups in total. The molecule has 3 rings (SSSR count). The molecule has 0 unspecified atom stereocenters. The molecule has 2 aromatic rings. The first-order valence-corrected chi connectivity index (χ1v) is 9.58. The Hall–Kier alpha value is -2.26. The van der Waals surface area contributed by atoms with E-state index in [1.165, 1.54) is 10.5 Å². The maximum Gasteiger partial charge on any atom is 0.246 e. The highest BCUT2D eigenvalue weighted by atomic mass is 32.2. The molecule has 9 heteroatoms. The van der Waals surface area contributed by atoms with Crippen molar-refractivity contribution in [1.29, 1.82) is 0 Å². The Morgan fingerprint density at radius 1 is 1.16 bits per heavy atom. The fourth-order valence-electron chi connectivity index (χ4n) is 2.85. The minimum atomic E-state index is -3.69. The zero-order chi connectivity index (χ0) is 18.0. The molecule has 1 aliphatic heterocycles. The molecule has 0 spiro atoms. The van der Waals surface area contributed by atoms with E-state index in [2.05, 4.69) is 15.2 Å². The lowest BCUT2D eigenvalue weighted by Crippen LogP contribution is -2.51. The number of carbonyl (C=O) groups excluding carboxylic acids is 1. The number of piperazine rings is 1. The number of rotatable bonds is 4. The van der Waals surface area contributed by atoms with Crippen LogP contribution in [0.15, 0.2) is 35.6 Å². The monoisotopic (exact) mass is 363 g/mol. The van der Waals surface area contributed by atoms with E-state index in [4.69, 9.17) is 0 Å². The lowest BCUT2D eigenvalue weighted by molar-refractivity contribution is -0.135. The fourth-order valence-corrected chi connectivity index (χ4v) is 4.38. The van der Waals surface area contributed by atoms with Crippen molar-refractivity contribution in [3.63, 3.8) is 0 Å². The molecule has 0 bridgehead atoms. The number of nitrogens with zero attached hydrogens (tertiary/aromatic N) is 4. The molecule has 2 aromatic heterocycles. The van der Waals surface area contributed by atoms with Gasteiger partial charge in [0.1, 0.15) is 4.90 Å². The van der Waals surface area contributed by atoms with Gasteiger partial charge in [-0.15, -0.1) is 0 Å². The van der Waals surface area contributed by atoms with Crippen LogP contribution in [0.25, 0.3) is 11.3 Å². The van der Waals surface area contributed by atoms with E-state index in [1.54, 1.807) is 29.4 Å². The molecular formula is C16H21N5O3S. The number of nitrogens with one attached hydrogen (secondary N) is 1. The second kappa shape index (κ2) is 6.93. The van der Waals surface area contributed by atoms with Gasteiger partial charge in [0.2, 0.25) is 15.9 Å². The molecule has 0 atom stereocenters. The Kier molecular flexibility index (Phi) is 4.87. The summed E-state index contributed by atoms with van der Waals surface area (Å²) in [7, 11) is -3.69. The predicted molar refractivity (Wildman–Crippen MR) is 92.0 cm³/mol. The number of aromatic amines is 1. The van der Waals surface area contributed by atoms with Crippen LogP contribution in [0.3, 0.4) is 0 Å². The number of hydrogen-bond acceptors (Lipinski definition) is 5. The average molecular weight is 363 g/mol. The predicted octanol–water partition coefficient (Wildman–Crippen LogP) is 0.961. The summed E-state index contributed by atoms with van der Waals surface area (Å²) in [5.41, 5.74) is 1.16. The van der Waals surface area contributed by atoms with Gasteiger partial charge in [0, 0.05) is 50.1 Å². The number of aromatic nitrogens is 3. The fraction of sp³-hybridized carbons (Fsp3) is 0.438. The smallest absolute Gasteiger partial charge is 0.246 e. The largest absolute Gasteiger partial charge is 0.340 e. The van der Waals surface area contributed by atoms with E-state index in [0.29, 0.717) is 24.3 Å². The molecule has 0 radical (unpaired) electrons. The summed E-state index contributed by atoms with van der Waals surface area (Å²) in [4.78, 5) is 17.9. The minimum absolute atomic E-state index is 0.0535. The first-order valence-electron chi connectivity index (χ1n) is 8.14. The van der Waals surface area contributed by atoms with Gasteiger partial charge in [-0.05, 0) is 12.1 Å². The molecule has 134 valence electrons. The van der Waals surface area contributed by atoms with Crippen LogP contribution in [0.2, 0.25) is 0 Å². The number of pyridine rings is 1. The highest BCUT2D eigenvalue weighted by molar-refractivity contribution is 7.89. The summed E-state index contributed by atoms with van der Waals surface area (Å²) in [5, 5.41) is 6.67. The second-order valence-electron chi connectivity index (χ2n) is 6.23. The van der Waals surface area contributed by atoms with Crippen molar-refractivity contribution >= 4 is 15.9 Å². The van der Waals surface area contributed by atoms with Crippen molar-refractivity contribution in [2.24, 2.45) is 5.92 Å². The molecule has 0 aliphatic carbocycles. The molecule has 0 aromatic carbocycles. The summed E-state index contributed by atoms with van der Waals surface area (Å²) in [6.45, 7) is 5.05. The minimum Gasteiger partial charge on any atom is -0.340 e. The first kappa shape index (κ1) is 17.6. The molecule has 8 nitrogen and oxygen atoms in total. The number of hydrogen-bond donors (Lipinski definition) is 1. The van der Waals surface area contributed by atoms with Gasteiger partial charge in [-0.3, -0.25) is 14.9 Å². The van der Waals surface area contributed by atoms with Gasteiger partial charge in [0.15, 0.2) is 0 Å². The molecule has 1 saturated heterocycles. The van der Waals surface area contributed by atoms with Gasteiger partial charge in [-0.1, -0.05) is 13.8 Å². The Labute approximate surface area is 146 Å². The maximum absolute atomic E-state index is 13.0. The van der Waals surface area contributed by atoms with Crippen LogP contribution in [-0.2, 0) is 14.8 Å². The highest BCUT2D eigenvalue weighted by Gasteiger charge is 2.33. The zero-order valence-corrected chi connectivity index (χ0v) is 15.0. The van der Waals surface area contributed by atoms with E-state index >= 15 is 0 Å². The van der Waals surface area contributed by atoms with E-state index in [1.807, 2.05) is 13.8 Å². The number of amides is 1. The summed E-state index contributed by atoms with van der Waals surface area (Å²) in [6, 6.07) is 3.46. The lowest BCUT2D eigenvalue weighted by atomic mass is 10.2. The van der Waals surface area contributed by atoms with Crippen LogP contribution in [0.4, 0.5) is 0 Å². The first-order chi connectivity index (χ1) is 11.9. The van der Waals surface area contributed by atoms with Crippen LogP contribution in [0.1, 0.15) is 13.8 Å². The Morgan fingerprint density at radius 3 is 2.40 bits per heavy atom. The highest BCUT2D eigenvalue weighted by Crippen LogP contribution is 2.27. The van der Waals surface area contributed by atoms with Crippen LogP contribution in [0, 0.1) is 5.92 Å². The topological polar surface area (TPSA) is 99.3 Å². The Balaban J connectivity index is 1.81. The second-order valence-corrected chi connectivity index (χ2v) is 8.14. The molecular weight excluding hydrogens is 342 g/mol. The van der Waals surface area contributed by atoms with E-state index in [0.717, 1.165) is 0 Å². The molecule has 25 heavy (non-hydrogen) atoms. The van der Waals surface area contributed by atoms with E-state index < -0.39 is 10.0 Å². The molecule has 1 amide bonds. The SMILES string of the molecule is CC(C)C(=O)N1CCN(S(=O)(=O)c2cn[nH]c2-c2ccncc2)CC1. The number of H-pyrrole nitrogens is 1. The Bertz CT molecular complexity index is 840. The van der Waals surface area contributed by atoms with Crippen LogP contribution in [-0.4, -0.2) is 64.9 Å². The summed E-state index contributed by atoms with van der Waals surface area (Å²) >= 11 is 0. The normalized spacial score (nSPS) is 16.4. The molecule has 1 fully saturated rings. The van der Waals surface area contributed by atoms with Crippen LogP contribution < -0.4 is 0 Å². The van der Waals surface area contributed by atoms with Crippen molar-refractivity contribution in [2.45, 2.75) is 18.7 Å². The summed E-state index contributed by atoms with van der Waals surface area (Å²) in [6.07, 6.45) is 4.53. The van der Waals surface area contributed by atoms with Crippen LogP contribution >= 0.6 is 0 Å². The van der Waals surface area contributed by atoms with E-state index in [9.17, 15) is 13.2 Å². The van der Waals surface area contributed by atoms with Crippen LogP contribution in [0.5, 0.6) is 0 Å². The van der Waals surface area contributed by atoms with Gasteiger partial charge in [-0.25, -0.2) is 8.42 Å². The Morgan fingerprint density at radius 2 is 1.80 bits per heavy atom. The lowest BCUT2D eigenvalue weighted by Gasteiger charge is -2.34. The summed E-state index contributed by atoms with van der Waals surface area (Å²) < 4.78 is 27.4. The van der Waals surface area contributed by atoms with Gasteiger partial charge in [0.05, 0.1) is 11.9 Å². The third-order valence-corrected chi connectivity index (χ3v) is 6.15. The van der Waals surface area contributed by atoms with Crippen molar-refractivity contribution < 1.29 is 13.2 Å². The number of carbonyl (C=O) groups is 1.